The summed E-state index contributed by atoms with van der Waals surface area (Å²) in [5.41, 5.74) is 1.54. The number of nitrogens with one attached hydrogen (secondary N) is 3. The number of hydrogen-bond donors (Lipinski definition) is 3. The summed E-state index contributed by atoms with van der Waals surface area (Å²) in [5.74, 6) is 0. The summed E-state index contributed by atoms with van der Waals surface area (Å²) >= 11 is 6.47. The van der Waals surface area contributed by atoms with Gasteiger partial charge in [-0.2, -0.15) is 0 Å². The van der Waals surface area contributed by atoms with Crippen molar-refractivity contribution in [2.45, 2.75) is 18.2 Å². The zero-order valence-corrected chi connectivity index (χ0v) is 16.8. The van der Waals surface area contributed by atoms with Crippen LogP contribution in [-0.4, -0.2) is 23.7 Å². The average molecular weight is 420 g/mol. The van der Waals surface area contributed by atoms with Crippen LogP contribution in [0, 0.1) is 0 Å². The molecule has 0 amide bonds. The molecule has 0 bridgehead atoms. The van der Waals surface area contributed by atoms with E-state index in [1.807, 2.05) is 37.3 Å². The summed E-state index contributed by atoms with van der Waals surface area (Å²) in [7, 11) is -3.72. The van der Waals surface area contributed by atoms with Crippen LogP contribution in [0.1, 0.15) is 11.9 Å². The number of nitrogens with zero attached hydrogens (tertiary/aromatic N) is 2. The largest absolute Gasteiger partial charge is 0.332 e. The lowest BCUT2D eigenvalue weighted by Crippen LogP contribution is -2.19. The third-order valence-electron chi connectivity index (χ3n) is 3.45. The van der Waals surface area contributed by atoms with E-state index in [0.717, 1.165) is 10.7 Å². The molecule has 7 nitrogen and oxygen atoms in total. The topological polar surface area (TPSA) is 96.0 Å². The Hall–Kier alpha value is -2.56. The normalized spacial score (nSPS) is 11.0. The number of para-hydroxylation sites is 1. The highest BCUT2D eigenvalue weighted by molar-refractivity contribution is 7.93. The number of sulfonamides is 1. The summed E-state index contributed by atoms with van der Waals surface area (Å²) in [5, 5.41) is 15.2. The van der Waals surface area contributed by atoms with Crippen LogP contribution in [-0.2, 0) is 16.4 Å². The first-order valence-electron chi connectivity index (χ1n) is 8.04. The van der Waals surface area contributed by atoms with Crippen LogP contribution >= 0.6 is 23.6 Å². The number of benzene rings is 2. The molecule has 0 spiro atoms. The van der Waals surface area contributed by atoms with Gasteiger partial charge in [0.25, 0.3) is 10.0 Å². The van der Waals surface area contributed by atoms with Gasteiger partial charge in [-0.1, -0.05) is 36.5 Å². The van der Waals surface area contributed by atoms with Gasteiger partial charge in [0.2, 0.25) is 5.13 Å². The zero-order valence-electron chi connectivity index (χ0n) is 14.3. The van der Waals surface area contributed by atoms with Gasteiger partial charge >= 0.3 is 0 Å². The van der Waals surface area contributed by atoms with Crippen LogP contribution in [0.2, 0.25) is 0 Å². The lowest BCUT2D eigenvalue weighted by atomic mass is 10.3. The van der Waals surface area contributed by atoms with Gasteiger partial charge in [-0.15, -0.1) is 10.2 Å². The predicted molar refractivity (Wildman–Crippen MR) is 113 cm³/mol. The van der Waals surface area contributed by atoms with Gasteiger partial charge in [0.1, 0.15) is 5.01 Å². The average Bonchev–Trinajstić information content (AvgIpc) is 3.10. The second-order valence-corrected chi connectivity index (χ2v) is 8.58. The van der Waals surface area contributed by atoms with Gasteiger partial charge in [-0.05, 0) is 55.0 Å². The van der Waals surface area contributed by atoms with Crippen molar-refractivity contribution in [1.29, 1.82) is 0 Å². The molecule has 3 N–H and O–H groups in total. The fourth-order valence-electron chi connectivity index (χ4n) is 2.14. The van der Waals surface area contributed by atoms with Gasteiger partial charge in [0, 0.05) is 11.4 Å². The maximum Gasteiger partial charge on any atom is 0.263 e. The van der Waals surface area contributed by atoms with Crippen LogP contribution in [0.4, 0.5) is 16.5 Å². The summed E-state index contributed by atoms with van der Waals surface area (Å²) in [6, 6.07) is 15.8. The molecule has 1 aromatic heterocycles. The molecule has 1 heterocycles. The molecule has 0 saturated heterocycles. The fraction of sp³-hybridized carbons (Fsp3) is 0.118. The van der Waals surface area contributed by atoms with Gasteiger partial charge in [-0.25, -0.2) is 8.42 Å². The number of anilines is 3. The summed E-state index contributed by atoms with van der Waals surface area (Å²) in [6.07, 6.45) is 0.705. The third-order valence-corrected chi connectivity index (χ3v) is 6.12. The predicted octanol–water partition coefficient (Wildman–Crippen LogP) is 3.71. The van der Waals surface area contributed by atoms with E-state index in [1.54, 1.807) is 12.1 Å². The maximum atomic E-state index is 12.4. The van der Waals surface area contributed by atoms with Crippen molar-refractivity contribution in [2.75, 3.05) is 15.4 Å². The first-order valence-corrected chi connectivity index (χ1v) is 10.8. The fourth-order valence-corrected chi connectivity index (χ4v) is 4.29. The van der Waals surface area contributed by atoms with Crippen molar-refractivity contribution in [3.05, 3.63) is 59.6 Å². The van der Waals surface area contributed by atoms with Gasteiger partial charge in [0.15, 0.2) is 5.11 Å². The van der Waals surface area contributed by atoms with Crippen molar-refractivity contribution < 1.29 is 8.42 Å². The first kappa shape index (κ1) is 19.2. The second-order valence-electron chi connectivity index (χ2n) is 5.43. The van der Waals surface area contributed by atoms with E-state index in [0.29, 0.717) is 17.2 Å². The molecule has 0 fully saturated rings. The standard InChI is InChI=1S/C17H17N5O2S3/c1-2-15-20-21-17(26-15)22-27(23,24)14-10-8-13(9-11-14)19-16(25)18-12-6-4-3-5-7-12/h3-11H,2H2,1H3,(H,21,22)(H2,18,19,25). The molecule has 0 atom stereocenters. The monoisotopic (exact) mass is 419 g/mol. The first-order chi connectivity index (χ1) is 13.0. The highest BCUT2D eigenvalue weighted by Crippen LogP contribution is 2.21. The highest BCUT2D eigenvalue weighted by atomic mass is 32.2. The second kappa shape index (κ2) is 8.42. The van der Waals surface area contributed by atoms with Crippen LogP contribution in [0.25, 0.3) is 0 Å². The van der Waals surface area contributed by atoms with Crippen molar-refractivity contribution in [2.24, 2.45) is 0 Å². The zero-order chi connectivity index (χ0) is 19.3. The van der Waals surface area contributed by atoms with Gasteiger partial charge in [-0.3, -0.25) is 4.72 Å². The Morgan fingerprint density at radius 3 is 2.22 bits per heavy atom. The van der Waals surface area contributed by atoms with Gasteiger partial charge in [0.05, 0.1) is 4.90 Å². The number of aryl methyl sites for hydroxylation is 1. The Kier molecular flexibility index (Phi) is 5.99. The van der Waals surface area contributed by atoms with E-state index in [9.17, 15) is 8.42 Å². The van der Waals surface area contributed by atoms with E-state index < -0.39 is 10.0 Å². The van der Waals surface area contributed by atoms with Crippen molar-refractivity contribution >= 4 is 55.2 Å². The Morgan fingerprint density at radius 2 is 1.63 bits per heavy atom. The van der Waals surface area contributed by atoms with Crippen molar-refractivity contribution in [1.82, 2.24) is 10.2 Å². The Labute approximate surface area is 166 Å². The molecule has 10 heteroatoms. The minimum Gasteiger partial charge on any atom is -0.332 e. The van der Waals surface area contributed by atoms with Crippen LogP contribution in [0.15, 0.2) is 59.5 Å². The molecule has 0 aliphatic heterocycles. The Morgan fingerprint density at radius 1 is 1.00 bits per heavy atom. The smallest absolute Gasteiger partial charge is 0.263 e. The van der Waals surface area contributed by atoms with E-state index in [2.05, 4.69) is 25.6 Å². The molecular formula is C17H17N5O2S3. The third kappa shape index (κ3) is 5.22. The van der Waals surface area contributed by atoms with Gasteiger partial charge < -0.3 is 10.6 Å². The Balaban J connectivity index is 1.64. The molecule has 140 valence electrons. The molecular weight excluding hydrogens is 402 g/mol. The van der Waals surface area contributed by atoms with E-state index in [4.69, 9.17) is 12.2 Å². The number of aromatic nitrogens is 2. The van der Waals surface area contributed by atoms with E-state index in [-0.39, 0.29) is 10.0 Å². The minimum absolute atomic E-state index is 0.128. The van der Waals surface area contributed by atoms with Crippen LogP contribution < -0.4 is 15.4 Å². The molecule has 0 aliphatic carbocycles. The molecule has 3 aromatic rings. The summed E-state index contributed by atoms with van der Waals surface area (Å²) in [4.78, 5) is 0.128. The summed E-state index contributed by atoms with van der Waals surface area (Å²) in [6.45, 7) is 1.93. The van der Waals surface area contributed by atoms with Crippen molar-refractivity contribution in [3.63, 3.8) is 0 Å². The maximum absolute atomic E-state index is 12.4. The van der Waals surface area contributed by atoms with Crippen LogP contribution in [0.3, 0.4) is 0 Å². The van der Waals surface area contributed by atoms with Crippen molar-refractivity contribution in [3.8, 4) is 0 Å². The minimum atomic E-state index is -3.72. The molecule has 0 unspecified atom stereocenters. The molecule has 3 rings (SSSR count). The molecule has 27 heavy (non-hydrogen) atoms. The Bertz CT molecular complexity index is 1020. The lowest BCUT2D eigenvalue weighted by molar-refractivity contribution is 0.601. The summed E-state index contributed by atoms with van der Waals surface area (Å²) < 4.78 is 27.3. The highest BCUT2D eigenvalue weighted by Gasteiger charge is 2.16. The van der Waals surface area contributed by atoms with Crippen LogP contribution in [0.5, 0.6) is 0 Å². The number of hydrogen-bond acceptors (Lipinski definition) is 6. The molecule has 0 radical (unpaired) electrons. The van der Waals surface area contributed by atoms with E-state index in [1.165, 1.54) is 23.5 Å². The SMILES string of the molecule is CCc1nnc(NS(=O)(=O)c2ccc(NC(=S)Nc3ccccc3)cc2)s1. The molecule has 0 aliphatic rings. The van der Waals surface area contributed by atoms with E-state index >= 15 is 0 Å². The number of thiocarbonyl (C=S) groups is 1. The molecule has 0 saturated carbocycles. The lowest BCUT2D eigenvalue weighted by Gasteiger charge is -2.11. The number of rotatable bonds is 6. The molecule has 2 aromatic carbocycles. The quantitative estimate of drug-likeness (QED) is 0.524.